The van der Waals surface area contributed by atoms with Gasteiger partial charge in [0.25, 0.3) is 0 Å². The van der Waals surface area contributed by atoms with Crippen molar-refractivity contribution in [2.45, 2.75) is 26.2 Å². The summed E-state index contributed by atoms with van der Waals surface area (Å²) in [5, 5.41) is 5.74. The van der Waals surface area contributed by atoms with Gasteiger partial charge in [0.1, 0.15) is 11.5 Å². The fourth-order valence-electron chi connectivity index (χ4n) is 2.83. The third-order valence-electron chi connectivity index (χ3n) is 4.38. The van der Waals surface area contributed by atoms with Gasteiger partial charge in [0, 0.05) is 24.9 Å². The van der Waals surface area contributed by atoms with Gasteiger partial charge in [-0.15, -0.1) is 0 Å². The maximum absolute atomic E-state index is 14.0. The molecule has 0 fully saturated rings. The molecule has 0 aliphatic heterocycles. The number of halogens is 3. The summed E-state index contributed by atoms with van der Waals surface area (Å²) in [4.78, 5) is 12.1. The van der Waals surface area contributed by atoms with E-state index in [9.17, 15) is 26.4 Å². The number of rotatable bonds is 11. The maximum atomic E-state index is 14.0. The number of nitrogens with one attached hydrogen (secondary N) is 3. The molecule has 2 aromatic rings. The van der Waals surface area contributed by atoms with E-state index in [0.717, 1.165) is 31.2 Å². The van der Waals surface area contributed by atoms with Gasteiger partial charge in [-0.3, -0.25) is 9.52 Å². The van der Waals surface area contributed by atoms with E-state index in [4.69, 9.17) is 0 Å². The van der Waals surface area contributed by atoms with Gasteiger partial charge >= 0.3 is 0 Å². The van der Waals surface area contributed by atoms with Gasteiger partial charge in [0.15, 0.2) is 11.6 Å². The summed E-state index contributed by atoms with van der Waals surface area (Å²) in [5.41, 5.74) is 0.738. The molecule has 0 saturated carbocycles. The summed E-state index contributed by atoms with van der Waals surface area (Å²) in [6, 6.07) is 6.23. The Morgan fingerprint density at radius 1 is 1.06 bits per heavy atom. The number of unbranched alkanes of at least 4 members (excludes halogenated alkanes) is 1. The highest BCUT2D eigenvalue weighted by atomic mass is 32.2. The zero-order valence-electron chi connectivity index (χ0n) is 17.8. The lowest BCUT2D eigenvalue weighted by Gasteiger charge is -2.10. The van der Waals surface area contributed by atoms with Crippen molar-refractivity contribution in [2.24, 2.45) is 0 Å². The van der Waals surface area contributed by atoms with E-state index in [-0.39, 0.29) is 24.3 Å². The number of amides is 1. The summed E-state index contributed by atoms with van der Waals surface area (Å²) >= 11 is 0. The maximum Gasteiger partial charge on any atom is 0.244 e. The van der Waals surface area contributed by atoms with E-state index < -0.39 is 33.3 Å². The van der Waals surface area contributed by atoms with Gasteiger partial charge in [-0.05, 0) is 60.4 Å². The van der Waals surface area contributed by atoms with Crippen molar-refractivity contribution < 1.29 is 26.4 Å². The molecule has 10 heteroatoms. The topological polar surface area (TPSA) is 87.3 Å². The molecule has 1 amide bonds. The van der Waals surface area contributed by atoms with Crippen LogP contribution >= 0.6 is 0 Å². The van der Waals surface area contributed by atoms with Crippen molar-refractivity contribution >= 4 is 33.4 Å². The van der Waals surface area contributed by atoms with E-state index >= 15 is 0 Å². The van der Waals surface area contributed by atoms with Crippen molar-refractivity contribution in [3.8, 4) is 0 Å². The van der Waals surface area contributed by atoms with Crippen LogP contribution in [0.5, 0.6) is 0 Å². The summed E-state index contributed by atoms with van der Waals surface area (Å²) < 4.78 is 65.7. The van der Waals surface area contributed by atoms with Crippen LogP contribution in [0.15, 0.2) is 36.4 Å². The average molecular weight is 470 g/mol. The van der Waals surface area contributed by atoms with Crippen LogP contribution in [-0.4, -0.2) is 33.7 Å². The van der Waals surface area contributed by atoms with Crippen molar-refractivity contribution in [3.63, 3.8) is 0 Å². The Labute approximate surface area is 186 Å². The number of hydrogen-bond donors (Lipinski definition) is 3. The van der Waals surface area contributed by atoms with Crippen molar-refractivity contribution in [3.05, 3.63) is 65.0 Å². The highest BCUT2D eigenvalue weighted by Gasteiger charge is 2.15. The summed E-state index contributed by atoms with van der Waals surface area (Å²) in [5.74, 6) is -2.90. The highest BCUT2D eigenvalue weighted by molar-refractivity contribution is 7.92. The van der Waals surface area contributed by atoms with Crippen LogP contribution in [0.25, 0.3) is 6.08 Å². The molecule has 0 atom stereocenters. The molecule has 32 heavy (non-hydrogen) atoms. The van der Waals surface area contributed by atoms with Crippen LogP contribution < -0.4 is 15.4 Å². The zero-order valence-corrected chi connectivity index (χ0v) is 18.7. The number of sulfonamides is 1. The van der Waals surface area contributed by atoms with E-state index in [1.165, 1.54) is 18.2 Å². The minimum absolute atomic E-state index is 0.103. The third-order valence-corrected chi connectivity index (χ3v) is 4.95. The average Bonchev–Trinajstić information content (AvgIpc) is 2.70. The smallest absolute Gasteiger partial charge is 0.244 e. The fraction of sp³-hybridized carbons (Fsp3) is 0.318. The molecule has 0 aromatic heterocycles. The molecule has 0 saturated heterocycles. The lowest BCUT2D eigenvalue weighted by atomic mass is 10.1. The molecule has 2 aromatic carbocycles. The second-order valence-corrected chi connectivity index (χ2v) is 8.94. The van der Waals surface area contributed by atoms with Crippen molar-refractivity contribution in [1.82, 2.24) is 5.32 Å². The van der Waals surface area contributed by atoms with Gasteiger partial charge in [0.05, 0.1) is 6.26 Å². The molecule has 0 radical (unpaired) electrons. The molecule has 3 N–H and O–H groups in total. The monoisotopic (exact) mass is 469 g/mol. The largest absolute Gasteiger partial charge is 0.384 e. The first kappa shape index (κ1) is 25.3. The minimum Gasteiger partial charge on any atom is -0.384 e. The molecule has 174 valence electrons. The molecule has 6 nitrogen and oxygen atoms in total. The van der Waals surface area contributed by atoms with Crippen LogP contribution in [0.2, 0.25) is 0 Å². The van der Waals surface area contributed by atoms with E-state index in [1.54, 1.807) is 16.9 Å². The molecule has 0 bridgehead atoms. The van der Waals surface area contributed by atoms with Gasteiger partial charge in [-0.1, -0.05) is 13.3 Å². The normalized spacial score (nSPS) is 11.5. The number of carbonyl (C=O) groups is 1. The summed E-state index contributed by atoms with van der Waals surface area (Å²) in [6.45, 7) is 2.83. The number of carbonyl (C=O) groups excluding carboxylic acids is 1. The summed E-state index contributed by atoms with van der Waals surface area (Å²) in [6.07, 6.45) is 5.67. The Kier molecular flexibility index (Phi) is 9.13. The first-order valence-electron chi connectivity index (χ1n) is 10.0. The van der Waals surface area contributed by atoms with Crippen LogP contribution in [0.3, 0.4) is 0 Å². The Morgan fingerprint density at radius 3 is 2.38 bits per heavy atom. The van der Waals surface area contributed by atoms with E-state index in [2.05, 4.69) is 10.6 Å². The summed E-state index contributed by atoms with van der Waals surface area (Å²) in [7, 11) is -3.82. The van der Waals surface area contributed by atoms with E-state index in [1.807, 2.05) is 6.92 Å². The molecule has 0 aliphatic rings. The number of benzene rings is 2. The fourth-order valence-corrected chi connectivity index (χ4v) is 3.40. The quantitative estimate of drug-likeness (QED) is 0.342. The molecule has 0 unspecified atom stereocenters. The Bertz CT molecular complexity index is 1070. The predicted octanol–water partition coefficient (Wildman–Crippen LogP) is 4.06. The minimum atomic E-state index is -3.82. The van der Waals surface area contributed by atoms with Crippen LogP contribution in [0.4, 0.5) is 24.5 Å². The number of hydrogen-bond acceptors (Lipinski definition) is 4. The SMILES string of the molecule is CCCCNc1cc(F)ccc1C=CC(=O)NCCc1cc(F)c(NS(C)(=O)=O)c(F)c1. The van der Waals surface area contributed by atoms with E-state index in [0.29, 0.717) is 17.8 Å². The first-order valence-corrected chi connectivity index (χ1v) is 11.9. The van der Waals surface area contributed by atoms with Gasteiger partial charge in [-0.25, -0.2) is 21.6 Å². The van der Waals surface area contributed by atoms with Gasteiger partial charge in [-0.2, -0.15) is 0 Å². The molecular weight excluding hydrogens is 443 g/mol. The lowest BCUT2D eigenvalue weighted by Crippen LogP contribution is -2.23. The Morgan fingerprint density at radius 2 is 1.75 bits per heavy atom. The third kappa shape index (κ3) is 8.26. The Balaban J connectivity index is 1.95. The van der Waals surface area contributed by atoms with Crippen LogP contribution in [0.1, 0.15) is 30.9 Å². The standard InChI is InChI=1S/C22H26F3N3O3S/c1-3-4-10-26-20-14-17(23)7-5-16(20)6-8-21(29)27-11-9-15-12-18(24)22(19(25)13-15)28-32(2,30)31/h5-8,12-14,26,28H,3-4,9-11H2,1-2H3,(H,27,29). The molecule has 2 rings (SSSR count). The second kappa shape index (κ2) is 11.6. The molecular formula is C22H26F3N3O3S. The van der Waals surface area contributed by atoms with Gasteiger partial charge in [0.2, 0.25) is 15.9 Å². The lowest BCUT2D eigenvalue weighted by molar-refractivity contribution is -0.116. The van der Waals surface area contributed by atoms with Crippen LogP contribution in [0, 0.1) is 17.5 Å². The Hall–Kier alpha value is -3.01. The van der Waals surface area contributed by atoms with Crippen molar-refractivity contribution in [1.29, 1.82) is 0 Å². The molecule has 0 aliphatic carbocycles. The molecule has 0 spiro atoms. The van der Waals surface area contributed by atoms with Crippen molar-refractivity contribution in [2.75, 3.05) is 29.4 Å². The van der Waals surface area contributed by atoms with Crippen LogP contribution in [-0.2, 0) is 21.2 Å². The second-order valence-electron chi connectivity index (χ2n) is 7.19. The first-order chi connectivity index (χ1) is 15.1. The zero-order chi connectivity index (χ0) is 23.7. The van der Waals surface area contributed by atoms with Gasteiger partial charge < -0.3 is 10.6 Å². The number of anilines is 2. The highest BCUT2D eigenvalue weighted by Crippen LogP contribution is 2.22. The molecule has 0 heterocycles. The predicted molar refractivity (Wildman–Crippen MR) is 120 cm³/mol.